The minimum Gasteiger partial charge on any atom is -0.456 e. The molecule has 3 aliphatic heterocycles. The van der Waals surface area contributed by atoms with Crippen molar-refractivity contribution in [2.75, 3.05) is 35.6 Å². The number of anilines is 3. The highest BCUT2D eigenvalue weighted by Crippen LogP contribution is 2.60. The zero-order chi connectivity index (χ0) is 36.3. The molecule has 3 aliphatic rings. The van der Waals surface area contributed by atoms with E-state index < -0.39 is 23.3 Å². The molecule has 52 heavy (non-hydrogen) atoms. The third-order valence-corrected chi connectivity index (χ3v) is 10.5. The molecule has 0 aromatic heterocycles. The number of aryl methyl sites for hydroxylation is 2. The number of hydrogen-bond donors (Lipinski definition) is 3. The molecule has 5 aromatic carbocycles. The number of amides is 3. The highest BCUT2D eigenvalue weighted by atomic mass is 16.5. The van der Waals surface area contributed by atoms with E-state index in [0.29, 0.717) is 82.7 Å². The summed E-state index contributed by atoms with van der Waals surface area (Å²) in [6.45, 7) is 14.0. The molecule has 0 unspecified atom stereocenters. The Morgan fingerprint density at radius 2 is 1.25 bits per heavy atom. The molecule has 9 nitrogen and oxygen atoms in total. The van der Waals surface area contributed by atoms with Crippen molar-refractivity contribution in [3.63, 3.8) is 0 Å². The molecule has 0 radical (unpaired) electrons. The fourth-order valence-electron chi connectivity index (χ4n) is 8.27. The van der Waals surface area contributed by atoms with Gasteiger partial charge in [0.25, 0.3) is 17.7 Å². The number of hydrazine groups is 1. The number of ether oxygens (including phenoxy) is 1. The van der Waals surface area contributed by atoms with Gasteiger partial charge in [0.1, 0.15) is 17.0 Å². The van der Waals surface area contributed by atoms with Crippen LogP contribution in [0.2, 0.25) is 0 Å². The summed E-state index contributed by atoms with van der Waals surface area (Å²) >= 11 is 0. The number of carbonyl (C=O) groups excluding carboxylic acids is 3. The van der Waals surface area contributed by atoms with Gasteiger partial charge in [0.05, 0.1) is 11.1 Å². The van der Waals surface area contributed by atoms with Gasteiger partial charge < -0.3 is 20.7 Å². The predicted octanol–water partition coefficient (Wildman–Crippen LogP) is 8.49. The highest BCUT2D eigenvalue weighted by Gasteiger charge is 2.61. The van der Waals surface area contributed by atoms with Crippen molar-refractivity contribution in [1.82, 2.24) is 10.0 Å². The Hall–Kier alpha value is -6.09. The Labute approximate surface area is 303 Å². The number of fused-ring (bicyclic) bond motifs is 6. The normalized spacial score (nSPS) is 15.0. The SMILES string of the molecule is C=CCNc1ccc2c3c(cccc13)C(=O)N(N1C(=O)c3ccccc3C13c1cc(CC)c(NCC)cc1Oc1cc(NCC)c(CC)cc13)C2=O. The van der Waals surface area contributed by atoms with Crippen molar-refractivity contribution in [3.8, 4) is 11.5 Å². The molecule has 9 heteroatoms. The van der Waals surface area contributed by atoms with E-state index in [-0.39, 0.29) is 0 Å². The largest absolute Gasteiger partial charge is 0.456 e. The summed E-state index contributed by atoms with van der Waals surface area (Å²) in [6, 6.07) is 24.6. The number of imide groups is 1. The van der Waals surface area contributed by atoms with Crippen LogP contribution in [0.4, 0.5) is 17.1 Å². The fourth-order valence-corrected chi connectivity index (χ4v) is 8.27. The Balaban J connectivity index is 1.45. The molecule has 0 saturated heterocycles. The molecule has 0 fully saturated rings. The van der Waals surface area contributed by atoms with Crippen molar-refractivity contribution >= 4 is 45.6 Å². The standard InChI is InChI=1S/C43H41N5O4/c1-6-20-46-34-19-18-30-39-28(34)15-13-16-29(39)40(49)47(41(30)50)48-42(51)27-14-11-12-17-31(27)43(48)32-21-25(7-2)35(44-9-4)23-37(32)52-38-24-36(45-10-5)26(8-3)22-33(38)43/h6,11-19,21-24,44-46H,1,7-10,20H2,2-5H3. The lowest BCUT2D eigenvalue weighted by Crippen LogP contribution is -2.61. The summed E-state index contributed by atoms with van der Waals surface area (Å²) in [5.74, 6) is -0.505. The van der Waals surface area contributed by atoms with Gasteiger partial charge in [0, 0.05) is 81.9 Å². The number of hydrogen-bond acceptors (Lipinski definition) is 7. The van der Waals surface area contributed by atoms with Gasteiger partial charge in [-0.1, -0.05) is 50.3 Å². The Bertz CT molecular complexity index is 2260. The second kappa shape index (κ2) is 12.6. The van der Waals surface area contributed by atoms with Crippen LogP contribution in [0.15, 0.2) is 91.5 Å². The van der Waals surface area contributed by atoms with E-state index in [0.717, 1.165) is 38.6 Å². The van der Waals surface area contributed by atoms with Crippen LogP contribution in [0.3, 0.4) is 0 Å². The van der Waals surface area contributed by atoms with Crippen molar-refractivity contribution in [2.45, 2.75) is 46.1 Å². The number of carbonyl (C=O) groups is 3. The second-order valence-electron chi connectivity index (χ2n) is 13.2. The highest BCUT2D eigenvalue weighted by molar-refractivity contribution is 6.27. The van der Waals surface area contributed by atoms with Crippen LogP contribution in [0.5, 0.6) is 11.5 Å². The van der Waals surface area contributed by atoms with Gasteiger partial charge in [-0.05, 0) is 74.2 Å². The molecule has 0 aliphatic carbocycles. The molecule has 0 atom stereocenters. The molecule has 0 bridgehead atoms. The monoisotopic (exact) mass is 691 g/mol. The van der Waals surface area contributed by atoms with Crippen LogP contribution in [0, 0.1) is 0 Å². The first-order chi connectivity index (χ1) is 25.3. The lowest BCUT2D eigenvalue weighted by atomic mass is 9.74. The minimum absolute atomic E-state index is 0.342. The maximum absolute atomic E-state index is 15.1. The topological polar surface area (TPSA) is 103 Å². The number of benzene rings is 5. The van der Waals surface area contributed by atoms with Crippen LogP contribution in [0.25, 0.3) is 10.8 Å². The average Bonchev–Trinajstić information content (AvgIpc) is 3.41. The molecule has 0 saturated carbocycles. The van der Waals surface area contributed by atoms with Crippen molar-refractivity contribution in [2.24, 2.45) is 0 Å². The van der Waals surface area contributed by atoms with E-state index in [9.17, 15) is 0 Å². The second-order valence-corrected chi connectivity index (χ2v) is 13.2. The molecule has 3 N–H and O–H groups in total. The van der Waals surface area contributed by atoms with Crippen LogP contribution >= 0.6 is 0 Å². The molecule has 5 aromatic rings. The van der Waals surface area contributed by atoms with E-state index >= 15 is 14.4 Å². The van der Waals surface area contributed by atoms with Gasteiger partial charge in [-0.2, -0.15) is 5.01 Å². The number of rotatable bonds is 10. The molecule has 3 heterocycles. The Morgan fingerprint density at radius 3 is 1.85 bits per heavy atom. The van der Waals surface area contributed by atoms with E-state index in [1.54, 1.807) is 24.3 Å². The lowest BCUT2D eigenvalue weighted by Gasteiger charge is -2.48. The van der Waals surface area contributed by atoms with Gasteiger partial charge in [-0.3, -0.25) is 14.4 Å². The van der Waals surface area contributed by atoms with Crippen LogP contribution < -0.4 is 20.7 Å². The molecule has 262 valence electrons. The van der Waals surface area contributed by atoms with E-state index in [4.69, 9.17) is 4.74 Å². The van der Waals surface area contributed by atoms with Gasteiger partial charge in [-0.25, -0.2) is 5.01 Å². The van der Waals surface area contributed by atoms with Gasteiger partial charge in [0.15, 0.2) is 0 Å². The lowest BCUT2D eigenvalue weighted by molar-refractivity contribution is -0.0229. The van der Waals surface area contributed by atoms with Crippen LogP contribution in [-0.4, -0.2) is 47.4 Å². The third kappa shape index (κ3) is 4.51. The summed E-state index contributed by atoms with van der Waals surface area (Å²) in [4.78, 5) is 45.2. The fraction of sp³-hybridized carbons (Fsp3) is 0.233. The van der Waals surface area contributed by atoms with Crippen molar-refractivity contribution < 1.29 is 19.1 Å². The maximum atomic E-state index is 15.1. The smallest absolute Gasteiger partial charge is 0.280 e. The summed E-state index contributed by atoms with van der Waals surface area (Å²) in [6.07, 6.45) is 3.16. The number of nitrogens with zero attached hydrogens (tertiary/aromatic N) is 2. The summed E-state index contributed by atoms with van der Waals surface area (Å²) < 4.78 is 6.80. The summed E-state index contributed by atoms with van der Waals surface area (Å²) in [5.41, 5.74) is 6.40. The van der Waals surface area contributed by atoms with E-state index in [2.05, 4.69) is 48.5 Å². The number of nitrogens with one attached hydrogen (secondary N) is 3. The molecule has 3 amide bonds. The first kappa shape index (κ1) is 33.1. The summed E-state index contributed by atoms with van der Waals surface area (Å²) in [7, 11) is 0. The molecule has 8 rings (SSSR count). The molecular formula is C43H41N5O4. The zero-order valence-electron chi connectivity index (χ0n) is 29.9. The molecule has 1 spiro atoms. The predicted molar refractivity (Wildman–Crippen MR) is 206 cm³/mol. The van der Waals surface area contributed by atoms with Gasteiger partial charge in [-0.15, -0.1) is 6.58 Å². The van der Waals surface area contributed by atoms with Gasteiger partial charge in [0.2, 0.25) is 0 Å². The Kier molecular flexibility index (Phi) is 8.01. The quantitative estimate of drug-likeness (QED) is 0.0997. The van der Waals surface area contributed by atoms with E-state index in [1.165, 1.54) is 5.01 Å². The van der Waals surface area contributed by atoms with Crippen molar-refractivity contribution in [1.29, 1.82) is 0 Å². The zero-order valence-corrected chi connectivity index (χ0v) is 29.9. The molecular weight excluding hydrogens is 651 g/mol. The maximum Gasteiger partial charge on any atom is 0.280 e. The van der Waals surface area contributed by atoms with Crippen LogP contribution in [0.1, 0.15) is 86.6 Å². The Morgan fingerprint density at radius 1 is 0.654 bits per heavy atom. The first-order valence-corrected chi connectivity index (χ1v) is 18.1. The third-order valence-electron chi connectivity index (χ3n) is 10.5. The van der Waals surface area contributed by atoms with Gasteiger partial charge >= 0.3 is 0 Å². The van der Waals surface area contributed by atoms with E-state index in [1.807, 2.05) is 62.4 Å². The minimum atomic E-state index is -1.43. The average molecular weight is 692 g/mol. The first-order valence-electron chi connectivity index (χ1n) is 18.1. The van der Waals surface area contributed by atoms with Crippen LogP contribution in [-0.2, 0) is 18.4 Å². The van der Waals surface area contributed by atoms with Crippen molar-refractivity contribution in [3.05, 3.63) is 136 Å². The summed E-state index contributed by atoms with van der Waals surface area (Å²) in [5, 5.41) is 14.1.